The van der Waals surface area contributed by atoms with Gasteiger partial charge in [-0.15, -0.1) is 0 Å². The van der Waals surface area contributed by atoms with Crippen molar-refractivity contribution in [2.24, 2.45) is 5.73 Å². The van der Waals surface area contributed by atoms with E-state index in [4.69, 9.17) is 10.5 Å². The summed E-state index contributed by atoms with van der Waals surface area (Å²) in [5.74, 6) is 0.112. The van der Waals surface area contributed by atoms with Crippen LogP contribution in [0.25, 0.3) is 0 Å². The highest BCUT2D eigenvalue weighted by atomic mass is 79.9. The Hall–Kier alpha value is -0.870. The van der Waals surface area contributed by atoms with Crippen LogP contribution in [0.2, 0.25) is 0 Å². The average Bonchev–Trinajstić information content (AvgIpc) is 2.18. The zero-order chi connectivity index (χ0) is 10.6. The molecule has 0 aliphatic carbocycles. The second kappa shape index (κ2) is 5.12. The van der Waals surface area contributed by atoms with Gasteiger partial charge in [0.05, 0.1) is 0 Å². The predicted molar refractivity (Wildman–Crippen MR) is 58.4 cm³/mol. The number of halogens is 1. The van der Waals surface area contributed by atoms with E-state index in [2.05, 4.69) is 15.9 Å². The Bertz CT molecular complexity index is 326. The topological polar surface area (TPSA) is 52.3 Å². The van der Waals surface area contributed by atoms with Gasteiger partial charge < -0.3 is 10.5 Å². The number of esters is 1. The van der Waals surface area contributed by atoms with E-state index in [0.29, 0.717) is 5.75 Å². The molecule has 0 saturated carbocycles. The minimum Gasteiger partial charge on any atom is -0.425 e. The Morgan fingerprint density at radius 2 is 2.36 bits per heavy atom. The molecule has 76 valence electrons. The number of benzene rings is 1. The fraction of sp³-hybridized carbons (Fsp3) is 0.300. The summed E-state index contributed by atoms with van der Waals surface area (Å²) in [6.07, 6.45) is 0. The van der Waals surface area contributed by atoms with Crippen molar-refractivity contribution in [2.75, 3.05) is 0 Å². The smallest absolute Gasteiger partial charge is 0.328 e. The van der Waals surface area contributed by atoms with Crippen LogP contribution < -0.4 is 10.5 Å². The van der Waals surface area contributed by atoms with E-state index >= 15 is 0 Å². The van der Waals surface area contributed by atoms with E-state index in [-0.39, 0.29) is 0 Å². The van der Waals surface area contributed by atoms with Crippen molar-refractivity contribution in [3.05, 3.63) is 29.8 Å². The highest BCUT2D eigenvalue weighted by Crippen LogP contribution is 2.15. The molecule has 0 fully saturated rings. The van der Waals surface area contributed by atoms with E-state index in [1.807, 2.05) is 12.1 Å². The number of hydrogen-bond donors (Lipinski definition) is 1. The molecule has 1 aromatic rings. The molecule has 0 aromatic heterocycles. The molecule has 0 aliphatic rings. The van der Waals surface area contributed by atoms with Gasteiger partial charge >= 0.3 is 5.97 Å². The molecular weight excluding hydrogens is 246 g/mol. The van der Waals surface area contributed by atoms with Crippen molar-refractivity contribution in [2.45, 2.75) is 18.3 Å². The van der Waals surface area contributed by atoms with Crippen molar-refractivity contribution >= 4 is 21.9 Å². The van der Waals surface area contributed by atoms with Crippen LogP contribution in [0.15, 0.2) is 24.3 Å². The van der Waals surface area contributed by atoms with Crippen LogP contribution in [0, 0.1) is 0 Å². The van der Waals surface area contributed by atoms with E-state index < -0.39 is 12.0 Å². The van der Waals surface area contributed by atoms with Crippen LogP contribution >= 0.6 is 15.9 Å². The lowest BCUT2D eigenvalue weighted by molar-refractivity contribution is -0.135. The SMILES string of the molecule is C[C@H](N)C(=O)Oc1cccc(CBr)c1. The molecule has 3 nitrogen and oxygen atoms in total. The fourth-order valence-corrected chi connectivity index (χ4v) is 1.25. The Morgan fingerprint density at radius 3 is 2.93 bits per heavy atom. The van der Waals surface area contributed by atoms with Gasteiger partial charge in [-0.2, -0.15) is 0 Å². The van der Waals surface area contributed by atoms with Crippen molar-refractivity contribution in [3.8, 4) is 5.75 Å². The Kier molecular flexibility index (Phi) is 4.10. The number of hydrogen-bond acceptors (Lipinski definition) is 3. The maximum absolute atomic E-state index is 11.2. The van der Waals surface area contributed by atoms with Gasteiger partial charge in [0.25, 0.3) is 0 Å². The highest BCUT2D eigenvalue weighted by molar-refractivity contribution is 9.08. The first kappa shape index (κ1) is 11.2. The minimum absolute atomic E-state index is 0.420. The Morgan fingerprint density at radius 1 is 1.64 bits per heavy atom. The largest absolute Gasteiger partial charge is 0.425 e. The first-order valence-electron chi connectivity index (χ1n) is 4.25. The minimum atomic E-state index is -0.595. The molecule has 0 radical (unpaired) electrons. The second-order valence-electron chi connectivity index (χ2n) is 2.99. The Balaban J connectivity index is 2.72. The number of nitrogens with two attached hydrogens (primary N) is 1. The fourth-order valence-electron chi connectivity index (χ4n) is 0.901. The maximum atomic E-state index is 11.2. The van der Waals surface area contributed by atoms with E-state index in [9.17, 15) is 4.79 Å². The molecule has 14 heavy (non-hydrogen) atoms. The third-order valence-electron chi connectivity index (χ3n) is 1.64. The lowest BCUT2D eigenvalue weighted by Gasteiger charge is -2.07. The van der Waals surface area contributed by atoms with Crippen molar-refractivity contribution in [1.29, 1.82) is 0 Å². The van der Waals surface area contributed by atoms with Gasteiger partial charge in [0.1, 0.15) is 11.8 Å². The summed E-state index contributed by atoms with van der Waals surface area (Å²) in [4.78, 5) is 11.2. The summed E-state index contributed by atoms with van der Waals surface area (Å²) in [7, 11) is 0. The molecule has 0 aliphatic heterocycles. The molecule has 0 unspecified atom stereocenters. The lowest BCUT2D eigenvalue weighted by Crippen LogP contribution is -2.30. The summed E-state index contributed by atoms with van der Waals surface area (Å²) < 4.78 is 5.03. The molecule has 0 amide bonds. The normalized spacial score (nSPS) is 12.2. The summed E-state index contributed by atoms with van der Waals surface area (Å²) in [5.41, 5.74) is 6.43. The third-order valence-corrected chi connectivity index (χ3v) is 2.29. The molecule has 1 atom stereocenters. The van der Waals surface area contributed by atoms with Crippen molar-refractivity contribution in [3.63, 3.8) is 0 Å². The second-order valence-corrected chi connectivity index (χ2v) is 3.55. The first-order chi connectivity index (χ1) is 6.63. The molecule has 1 rings (SSSR count). The predicted octanol–water partition coefficient (Wildman–Crippen LogP) is 1.83. The molecule has 0 saturated heterocycles. The molecule has 1 aromatic carbocycles. The number of ether oxygens (including phenoxy) is 1. The van der Waals surface area contributed by atoms with Gasteiger partial charge in [-0.3, -0.25) is 0 Å². The quantitative estimate of drug-likeness (QED) is 0.511. The van der Waals surface area contributed by atoms with Crippen LogP contribution in [-0.4, -0.2) is 12.0 Å². The highest BCUT2D eigenvalue weighted by Gasteiger charge is 2.09. The van der Waals surface area contributed by atoms with E-state index in [0.717, 1.165) is 10.9 Å². The van der Waals surface area contributed by atoms with Gasteiger partial charge in [-0.1, -0.05) is 28.1 Å². The van der Waals surface area contributed by atoms with Crippen molar-refractivity contribution in [1.82, 2.24) is 0 Å². The summed E-state index contributed by atoms with van der Waals surface area (Å²) in [6.45, 7) is 1.59. The first-order valence-corrected chi connectivity index (χ1v) is 5.38. The zero-order valence-corrected chi connectivity index (χ0v) is 9.45. The van der Waals surface area contributed by atoms with Gasteiger partial charge in [-0.05, 0) is 24.6 Å². The zero-order valence-electron chi connectivity index (χ0n) is 7.87. The molecule has 0 heterocycles. The van der Waals surface area contributed by atoms with Crippen molar-refractivity contribution < 1.29 is 9.53 Å². The van der Waals surface area contributed by atoms with Gasteiger partial charge in [-0.25, -0.2) is 4.79 Å². The molecule has 4 heteroatoms. The van der Waals surface area contributed by atoms with Crippen LogP contribution in [0.4, 0.5) is 0 Å². The monoisotopic (exact) mass is 257 g/mol. The lowest BCUT2D eigenvalue weighted by atomic mass is 10.2. The number of rotatable bonds is 3. The summed E-state index contributed by atoms with van der Waals surface area (Å²) >= 11 is 3.32. The summed E-state index contributed by atoms with van der Waals surface area (Å²) in [6, 6.07) is 6.71. The molecule has 0 bridgehead atoms. The number of carbonyl (C=O) groups is 1. The molecular formula is C10H12BrNO2. The van der Waals surface area contributed by atoms with Crippen LogP contribution in [0.5, 0.6) is 5.75 Å². The maximum Gasteiger partial charge on any atom is 0.328 e. The van der Waals surface area contributed by atoms with Gasteiger partial charge in [0, 0.05) is 5.33 Å². The van der Waals surface area contributed by atoms with Crippen LogP contribution in [0.3, 0.4) is 0 Å². The Labute approximate surface area is 91.4 Å². The van der Waals surface area contributed by atoms with E-state index in [1.165, 1.54) is 0 Å². The van der Waals surface area contributed by atoms with Gasteiger partial charge in [0.2, 0.25) is 0 Å². The van der Waals surface area contributed by atoms with E-state index in [1.54, 1.807) is 19.1 Å². The number of alkyl halides is 1. The number of carbonyl (C=O) groups excluding carboxylic acids is 1. The third kappa shape index (κ3) is 3.12. The van der Waals surface area contributed by atoms with Gasteiger partial charge in [0.15, 0.2) is 0 Å². The van der Waals surface area contributed by atoms with Crippen LogP contribution in [0.1, 0.15) is 12.5 Å². The average molecular weight is 258 g/mol. The van der Waals surface area contributed by atoms with Crippen LogP contribution in [-0.2, 0) is 10.1 Å². The summed E-state index contributed by atoms with van der Waals surface area (Å²) in [5, 5.41) is 0.733. The molecule has 0 spiro atoms. The molecule has 2 N–H and O–H groups in total. The standard InChI is InChI=1S/C10H12BrNO2/c1-7(12)10(13)14-9-4-2-3-8(5-9)6-11/h2-5,7H,6,12H2,1H3/t7-/m0/s1.